The topological polar surface area (TPSA) is 54.9 Å². The van der Waals surface area contributed by atoms with Gasteiger partial charge in [0, 0.05) is 61.9 Å². The van der Waals surface area contributed by atoms with Gasteiger partial charge in [0.1, 0.15) is 11.4 Å². The Morgan fingerprint density at radius 3 is 2.36 bits per heavy atom. The van der Waals surface area contributed by atoms with Gasteiger partial charge in [0.15, 0.2) is 0 Å². The van der Waals surface area contributed by atoms with Crippen LogP contribution in [-0.4, -0.2) is 45.2 Å². The molecule has 3 aromatic rings. The number of anilines is 2. The van der Waals surface area contributed by atoms with Crippen LogP contribution in [0.2, 0.25) is 5.02 Å². The Labute approximate surface area is 199 Å². The Balaban J connectivity index is 2.01. The van der Waals surface area contributed by atoms with Gasteiger partial charge in [-0.25, -0.2) is 4.79 Å². The van der Waals surface area contributed by atoms with E-state index in [0.717, 1.165) is 24.5 Å². The van der Waals surface area contributed by atoms with Crippen LogP contribution in [0.5, 0.6) is 5.75 Å². The maximum Gasteiger partial charge on any atom is 0.341 e. The van der Waals surface area contributed by atoms with E-state index < -0.39 is 11.6 Å². The van der Waals surface area contributed by atoms with Crippen LogP contribution in [-0.2, 0) is 10.3 Å². The number of rotatable bonds is 7. The molecule has 4 rings (SSSR count). The molecule has 0 saturated carbocycles. The van der Waals surface area contributed by atoms with Gasteiger partial charge in [-0.1, -0.05) is 17.7 Å². The third kappa shape index (κ3) is 3.68. The van der Waals surface area contributed by atoms with Gasteiger partial charge in [0.25, 0.3) is 0 Å². The number of halogens is 1. The molecule has 6 nitrogen and oxygen atoms in total. The van der Waals surface area contributed by atoms with Crippen LogP contribution < -0.4 is 14.5 Å². The summed E-state index contributed by atoms with van der Waals surface area (Å²) >= 11 is 6.90. The van der Waals surface area contributed by atoms with Gasteiger partial charge in [-0.05, 0) is 50.2 Å². The smallest absolute Gasteiger partial charge is 0.341 e. The van der Waals surface area contributed by atoms with E-state index in [1.807, 2.05) is 55.4 Å². The molecular weight excluding hydrogens is 438 g/mol. The fraction of sp³-hybridized carbons (Fsp3) is 0.308. The molecule has 2 heterocycles. The van der Waals surface area contributed by atoms with Crippen molar-refractivity contribution in [2.24, 2.45) is 0 Å². The van der Waals surface area contributed by atoms with Gasteiger partial charge >= 0.3 is 5.97 Å². The standard InChI is InChI=1S/C26H28ClN3O3/c1-6-30(7-2)18-11-12-20(22(27)15-18)26(24-19(25(31)33-26)9-8-14-28-24)21-13-10-17(29(3)4)16-23(21)32-5/h8-16H,6-7H2,1-5H3. The number of benzene rings is 2. The largest absolute Gasteiger partial charge is 0.496 e. The molecule has 172 valence electrons. The van der Waals surface area contributed by atoms with Crippen LogP contribution >= 0.6 is 11.6 Å². The van der Waals surface area contributed by atoms with Crippen LogP contribution in [0.25, 0.3) is 0 Å². The Kier molecular flexibility index (Phi) is 6.21. The van der Waals surface area contributed by atoms with Gasteiger partial charge in [-0.3, -0.25) is 4.98 Å². The minimum absolute atomic E-state index is 0.417. The van der Waals surface area contributed by atoms with Crippen molar-refractivity contribution in [1.29, 1.82) is 0 Å². The lowest BCUT2D eigenvalue weighted by atomic mass is 9.82. The highest BCUT2D eigenvalue weighted by Crippen LogP contribution is 2.51. The Morgan fingerprint density at radius 2 is 1.73 bits per heavy atom. The minimum atomic E-state index is -1.33. The molecule has 0 N–H and O–H groups in total. The predicted octanol–water partition coefficient (Wildman–Crippen LogP) is 5.12. The highest BCUT2D eigenvalue weighted by atomic mass is 35.5. The zero-order valence-electron chi connectivity index (χ0n) is 19.6. The summed E-state index contributed by atoms with van der Waals surface area (Å²) in [4.78, 5) is 21.8. The normalized spacial score (nSPS) is 16.8. The second-order valence-corrected chi connectivity index (χ2v) is 8.49. The lowest BCUT2D eigenvalue weighted by Crippen LogP contribution is -2.32. The van der Waals surface area contributed by atoms with E-state index in [2.05, 4.69) is 23.7 Å². The maximum absolute atomic E-state index is 13.0. The summed E-state index contributed by atoms with van der Waals surface area (Å²) in [5, 5.41) is 0.490. The molecule has 0 aliphatic carbocycles. The van der Waals surface area contributed by atoms with E-state index in [1.54, 1.807) is 25.4 Å². The SMILES string of the molecule is CCN(CC)c1ccc(C2(c3ccc(N(C)C)cc3OC)OC(=O)c3cccnc32)c(Cl)c1. The molecule has 1 unspecified atom stereocenters. The number of cyclic esters (lactones) is 1. The first-order chi connectivity index (χ1) is 15.9. The van der Waals surface area contributed by atoms with Crippen molar-refractivity contribution in [2.45, 2.75) is 19.4 Å². The molecule has 7 heteroatoms. The molecule has 2 aromatic carbocycles. The van der Waals surface area contributed by atoms with E-state index in [9.17, 15) is 4.79 Å². The third-order valence-corrected chi connectivity index (χ3v) is 6.46. The molecule has 1 aliphatic rings. The van der Waals surface area contributed by atoms with Gasteiger partial charge in [0.05, 0.1) is 17.7 Å². The first-order valence-electron chi connectivity index (χ1n) is 11.0. The number of hydrogen-bond acceptors (Lipinski definition) is 6. The highest BCUT2D eigenvalue weighted by Gasteiger charge is 2.52. The van der Waals surface area contributed by atoms with Gasteiger partial charge in [-0.15, -0.1) is 0 Å². The van der Waals surface area contributed by atoms with Crippen LogP contribution in [0, 0.1) is 0 Å². The summed E-state index contributed by atoms with van der Waals surface area (Å²) in [6, 6.07) is 15.1. The van der Waals surface area contributed by atoms with Crippen molar-refractivity contribution in [3.8, 4) is 5.75 Å². The predicted molar refractivity (Wildman–Crippen MR) is 132 cm³/mol. The molecule has 0 saturated heterocycles. The highest BCUT2D eigenvalue weighted by molar-refractivity contribution is 6.32. The quantitative estimate of drug-likeness (QED) is 0.451. The number of fused-ring (bicyclic) bond motifs is 1. The number of hydrogen-bond donors (Lipinski definition) is 0. The molecule has 0 bridgehead atoms. The summed E-state index contributed by atoms with van der Waals surface area (Å²) in [5.74, 6) is 0.136. The number of esters is 1. The molecule has 1 aromatic heterocycles. The molecule has 0 fully saturated rings. The van der Waals surface area contributed by atoms with Crippen LogP contribution in [0.3, 0.4) is 0 Å². The summed E-state index contributed by atoms with van der Waals surface area (Å²) in [6.07, 6.45) is 1.66. The van der Waals surface area contributed by atoms with Crippen LogP contribution in [0.4, 0.5) is 11.4 Å². The molecule has 0 radical (unpaired) electrons. The maximum atomic E-state index is 13.0. The van der Waals surface area contributed by atoms with Gasteiger partial charge in [-0.2, -0.15) is 0 Å². The zero-order valence-corrected chi connectivity index (χ0v) is 20.3. The summed E-state index contributed by atoms with van der Waals surface area (Å²) in [7, 11) is 5.52. The van der Waals surface area contributed by atoms with Crippen molar-refractivity contribution in [3.63, 3.8) is 0 Å². The first kappa shape index (κ1) is 22.9. The fourth-order valence-corrected chi connectivity index (χ4v) is 4.73. The monoisotopic (exact) mass is 465 g/mol. The van der Waals surface area contributed by atoms with Crippen molar-refractivity contribution < 1.29 is 14.3 Å². The molecule has 0 amide bonds. The minimum Gasteiger partial charge on any atom is -0.496 e. The number of aromatic nitrogens is 1. The second-order valence-electron chi connectivity index (χ2n) is 8.09. The van der Waals surface area contributed by atoms with Gasteiger partial charge < -0.3 is 19.3 Å². The van der Waals surface area contributed by atoms with Crippen molar-refractivity contribution in [2.75, 3.05) is 44.1 Å². The van der Waals surface area contributed by atoms with E-state index in [4.69, 9.17) is 21.1 Å². The lowest BCUT2D eigenvalue weighted by Gasteiger charge is -2.32. The van der Waals surface area contributed by atoms with E-state index in [0.29, 0.717) is 33.2 Å². The van der Waals surface area contributed by atoms with Crippen molar-refractivity contribution in [3.05, 3.63) is 82.1 Å². The average molecular weight is 466 g/mol. The number of methoxy groups -OCH3 is 1. The Hall–Kier alpha value is -3.25. The molecule has 0 spiro atoms. The molecule has 33 heavy (non-hydrogen) atoms. The fourth-order valence-electron chi connectivity index (χ4n) is 4.43. The second kappa shape index (κ2) is 8.94. The van der Waals surface area contributed by atoms with E-state index in [-0.39, 0.29) is 0 Å². The summed E-state index contributed by atoms with van der Waals surface area (Å²) in [5.41, 5.74) is 2.86. The molecule has 1 atom stereocenters. The van der Waals surface area contributed by atoms with Crippen molar-refractivity contribution in [1.82, 2.24) is 4.98 Å². The number of carbonyl (C=O) groups excluding carboxylic acids is 1. The Morgan fingerprint density at radius 1 is 1.03 bits per heavy atom. The van der Waals surface area contributed by atoms with Crippen LogP contribution in [0.15, 0.2) is 54.7 Å². The Bertz CT molecular complexity index is 1190. The summed E-state index contributed by atoms with van der Waals surface area (Å²) in [6.45, 7) is 5.92. The number of ether oxygens (including phenoxy) is 2. The number of pyridine rings is 1. The summed E-state index contributed by atoms with van der Waals surface area (Å²) < 4.78 is 12.0. The zero-order chi connectivity index (χ0) is 23.8. The third-order valence-electron chi connectivity index (χ3n) is 6.15. The first-order valence-corrected chi connectivity index (χ1v) is 11.3. The molecule has 1 aliphatic heterocycles. The number of carbonyl (C=O) groups is 1. The van der Waals surface area contributed by atoms with Crippen molar-refractivity contribution >= 4 is 28.9 Å². The van der Waals surface area contributed by atoms with E-state index in [1.165, 1.54) is 0 Å². The lowest BCUT2D eigenvalue weighted by molar-refractivity contribution is 0.0237. The van der Waals surface area contributed by atoms with Gasteiger partial charge in [0.2, 0.25) is 5.60 Å². The van der Waals surface area contributed by atoms with E-state index >= 15 is 0 Å². The molecular formula is C26H28ClN3O3. The van der Waals surface area contributed by atoms with Crippen LogP contribution in [0.1, 0.15) is 41.0 Å². The average Bonchev–Trinajstić information content (AvgIpc) is 3.12. The number of nitrogens with zero attached hydrogens (tertiary/aromatic N) is 3.